The summed E-state index contributed by atoms with van der Waals surface area (Å²) in [6.07, 6.45) is 0. The lowest BCUT2D eigenvalue weighted by atomic mass is 10.3. The molecule has 2 aromatic rings. The Hall–Kier alpha value is -0.570. The number of rotatable bonds is 5. The van der Waals surface area contributed by atoms with E-state index in [4.69, 9.17) is 18.1 Å². The van der Waals surface area contributed by atoms with Crippen molar-refractivity contribution in [1.29, 1.82) is 0 Å². The summed E-state index contributed by atoms with van der Waals surface area (Å²) < 4.78 is 6.12. The van der Waals surface area contributed by atoms with Crippen LogP contribution in [0.5, 0.6) is 0 Å². The maximum absolute atomic E-state index is 5.19. The number of anilines is 2. The van der Waals surface area contributed by atoms with Gasteiger partial charge < -0.3 is 10.6 Å². The van der Waals surface area contributed by atoms with Gasteiger partial charge in [0, 0.05) is 9.26 Å². The van der Waals surface area contributed by atoms with E-state index in [9.17, 15) is 0 Å². The molecule has 20 heavy (non-hydrogen) atoms. The molecule has 0 saturated carbocycles. The topological polar surface area (TPSA) is 94.3 Å². The molecule has 0 unspecified atom stereocenters. The Balaban J connectivity index is 1.89. The second-order valence-corrected chi connectivity index (χ2v) is 6.79. The fourth-order valence-electron chi connectivity index (χ4n) is 1.17. The molecular formula is C9H8IN5O2S3. The number of thiocarbonyl (C=S) groups is 1. The van der Waals surface area contributed by atoms with Crippen LogP contribution in [0.2, 0.25) is 0 Å². The lowest BCUT2D eigenvalue weighted by Gasteiger charge is -2.07. The van der Waals surface area contributed by atoms with Gasteiger partial charge in [-0.15, -0.1) is 19.5 Å². The number of benzene rings is 1. The highest BCUT2D eigenvalue weighted by atomic mass is 127. The molecule has 0 amide bonds. The minimum absolute atomic E-state index is 0.427. The van der Waals surface area contributed by atoms with Crippen LogP contribution in [-0.4, -0.2) is 15.3 Å². The van der Waals surface area contributed by atoms with Gasteiger partial charge in [0.25, 0.3) is 0 Å². The van der Waals surface area contributed by atoms with Crippen molar-refractivity contribution in [1.82, 2.24) is 10.2 Å². The summed E-state index contributed by atoms with van der Waals surface area (Å²) in [6, 6.07) is 7.83. The monoisotopic (exact) mass is 441 g/mol. The van der Waals surface area contributed by atoms with Crippen molar-refractivity contribution in [2.75, 3.05) is 10.6 Å². The molecule has 1 aromatic heterocycles. The van der Waals surface area contributed by atoms with Crippen LogP contribution < -0.4 is 16.5 Å². The lowest BCUT2D eigenvalue weighted by molar-refractivity contribution is -0.195. The Morgan fingerprint density at radius 3 is 3.00 bits per heavy atom. The number of hydrogen-bond donors (Lipinski definition) is 3. The van der Waals surface area contributed by atoms with Crippen molar-refractivity contribution in [2.24, 2.45) is 5.90 Å². The van der Waals surface area contributed by atoms with Crippen LogP contribution in [0.1, 0.15) is 0 Å². The van der Waals surface area contributed by atoms with Crippen LogP contribution in [0, 0.1) is 3.57 Å². The Labute approximate surface area is 141 Å². The quantitative estimate of drug-likeness (QED) is 0.213. The van der Waals surface area contributed by atoms with Crippen molar-refractivity contribution in [3.05, 3.63) is 27.8 Å². The predicted molar refractivity (Wildman–Crippen MR) is 91.1 cm³/mol. The number of halogens is 1. The zero-order chi connectivity index (χ0) is 14.4. The van der Waals surface area contributed by atoms with Crippen LogP contribution in [-0.2, 0) is 9.32 Å². The van der Waals surface area contributed by atoms with Crippen molar-refractivity contribution in [3.8, 4) is 0 Å². The first kappa shape index (κ1) is 15.8. The first-order chi connectivity index (χ1) is 9.67. The molecule has 0 fully saturated rings. The Morgan fingerprint density at radius 2 is 2.25 bits per heavy atom. The second-order valence-electron chi connectivity index (χ2n) is 3.21. The van der Waals surface area contributed by atoms with Gasteiger partial charge in [-0.2, -0.15) is 5.90 Å². The van der Waals surface area contributed by atoms with E-state index in [2.05, 4.69) is 52.7 Å². The molecule has 0 aliphatic carbocycles. The van der Waals surface area contributed by atoms with Gasteiger partial charge in [0.1, 0.15) is 12.0 Å². The molecule has 7 nitrogen and oxygen atoms in total. The van der Waals surface area contributed by atoms with Crippen LogP contribution >= 0.6 is 58.2 Å². The van der Waals surface area contributed by atoms with E-state index >= 15 is 0 Å². The third-order valence-corrected chi connectivity index (χ3v) is 4.19. The lowest BCUT2D eigenvalue weighted by Crippen LogP contribution is -2.18. The van der Waals surface area contributed by atoms with E-state index in [1.807, 2.05) is 24.3 Å². The highest BCUT2D eigenvalue weighted by molar-refractivity contribution is 14.1. The van der Waals surface area contributed by atoms with Crippen molar-refractivity contribution < 1.29 is 9.32 Å². The van der Waals surface area contributed by atoms with E-state index in [0.29, 0.717) is 14.6 Å². The zero-order valence-electron chi connectivity index (χ0n) is 9.70. The van der Waals surface area contributed by atoms with E-state index in [1.54, 1.807) is 0 Å². The van der Waals surface area contributed by atoms with Crippen LogP contribution in [0.25, 0.3) is 0 Å². The third kappa shape index (κ3) is 5.08. The summed E-state index contributed by atoms with van der Waals surface area (Å²) in [4.78, 5) is 3.97. The fourth-order valence-corrected chi connectivity index (χ4v) is 3.10. The number of nitrogens with two attached hydrogens (primary N) is 1. The molecule has 11 heteroatoms. The summed E-state index contributed by atoms with van der Waals surface area (Å²) in [5, 5.41) is 14.7. The third-order valence-electron chi connectivity index (χ3n) is 1.85. The van der Waals surface area contributed by atoms with Gasteiger partial charge in [0.2, 0.25) is 9.47 Å². The van der Waals surface area contributed by atoms with Gasteiger partial charge in [-0.05, 0) is 53.0 Å². The number of hydrogen-bond acceptors (Lipinski definition) is 8. The van der Waals surface area contributed by atoms with Crippen LogP contribution in [0.4, 0.5) is 10.8 Å². The molecule has 1 aromatic carbocycles. The summed E-state index contributed by atoms with van der Waals surface area (Å²) >= 11 is 9.54. The molecule has 106 valence electrons. The molecule has 1 heterocycles. The molecule has 0 saturated heterocycles. The van der Waals surface area contributed by atoms with E-state index < -0.39 is 0 Å². The zero-order valence-corrected chi connectivity index (χ0v) is 14.3. The number of nitrogens with one attached hydrogen (secondary N) is 2. The fraction of sp³-hybridized carbons (Fsp3) is 0. The minimum atomic E-state index is 0.427. The molecule has 0 aliphatic rings. The standard InChI is InChI=1S/C9H8IN5O2S3/c10-5-2-1-3-6(4-5)12-7(18)13-8-14-15-9(19-8)20-17-16-11/h1-4H,11H2,(H2,12,13,14,18). The summed E-state index contributed by atoms with van der Waals surface area (Å²) in [5.74, 6) is 4.73. The largest absolute Gasteiger partial charge is 0.332 e. The van der Waals surface area contributed by atoms with Gasteiger partial charge in [-0.25, -0.2) is 0 Å². The highest BCUT2D eigenvalue weighted by Gasteiger charge is 2.07. The normalized spacial score (nSPS) is 10.3. The molecule has 0 radical (unpaired) electrons. The Bertz CT molecular complexity index is 596. The Morgan fingerprint density at radius 1 is 1.40 bits per heavy atom. The second kappa shape index (κ2) is 8.02. The molecule has 4 N–H and O–H groups in total. The molecule has 2 rings (SSSR count). The maximum atomic E-state index is 5.19. The predicted octanol–water partition coefficient (Wildman–Crippen LogP) is 2.78. The smallest absolute Gasteiger partial charge is 0.212 e. The molecule has 0 atom stereocenters. The average Bonchev–Trinajstić information content (AvgIpc) is 2.83. The SMILES string of the molecule is NOOSc1nnc(NC(=S)Nc2cccc(I)c2)s1. The van der Waals surface area contributed by atoms with E-state index in [1.165, 1.54) is 11.3 Å². The van der Waals surface area contributed by atoms with Crippen LogP contribution in [0.3, 0.4) is 0 Å². The molecule has 0 aliphatic heterocycles. The maximum Gasteiger partial charge on any atom is 0.212 e. The average molecular weight is 441 g/mol. The highest BCUT2D eigenvalue weighted by Crippen LogP contribution is 2.26. The van der Waals surface area contributed by atoms with E-state index in [-0.39, 0.29) is 0 Å². The summed E-state index contributed by atoms with van der Waals surface area (Å²) in [7, 11) is 0. The first-order valence-electron chi connectivity index (χ1n) is 5.04. The molecular weight excluding hydrogens is 433 g/mol. The summed E-state index contributed by atoms with van der Waals surface area (Å²) in [6.45, 7) is 0. The van der Waals surface area contributed by atoms with Crippen molar-refractivity contribution in [3.63, 3.8) is 0 Å². The van der Waals surface area contributed by atoms with Crippen molar-refractivity contribution >= 4 is 74.1 Å². The minimum Gasteiger partial charge on any atom is -0.332 e. The van der Waals surface area contributed by atoms with Gasteiger partial charge in [0.15, 0.2) is 5.11 Å². The molecule has 0 bridgehead atoms. The van der Waals surface area contributed by atoms with Gasteiger partial charge in [-0.1, -0.05) is 17.4 Å². The van der Waals surface area contributed by atoms with E-state index in [0.717, 1.165) is 21.3 Å². The summed E-state index contributed by atoms with van der Waals surface area (Å²) in [5.41, 5.74) is 0.897. The van der Waals surface area contributed by atoms with Gasteiger partial charge in [0.05, 0.1) is 0 Å². The number of aromatic nitrogens is 2. The van der Waals surface area contributed by atoms with Gasteiger partial charge in [-0.3, -0.25) is 0 Å². The van der Waals surface area contributed by atoms with Crippen LogP contribution in [0.15, 0.2) is 28.6 Å². The molecule has 0 spiro atoms. The van der Waals surface area contributed by atoms with Crippen molar-refractivity contribution in [2.45, 2.75) is 4.34 Å². The number of nitrogens with zero attached hydrogens (tertiary/aromatic N) is 2. The Kier molecular flexibility index (Phi) is 6.34. The van der Waals surface area contributed by atoms with Gasteiger partial charge >= 0.3 is 0 Å². The first-order valence-corrected chi connectivity index (χ1v) is 8.09.